The van der Waals surface area contributed by atoms with Gasteiger partial charge in [0.25, 0.3) is 0 Å². The summed E-state index contributed by atoms with van der Waals surface area (Å²) in [5.74, 6) is 0.544. The minimum Gasteiger partial charge on any atom is -0.386 e. The van der Waals surface area contributed by atoms with Gasteiger partial charge in [-0.1, -0.05) is 25.8 Å². The van der Waals surface area contributed by atoms with Gasteiger partial charge in [0.15, 0.2) is 0 Å². The molecule has 1 saturated carbocycles. The Morgan fingerprint density at radius 1 is 1.69 bits per heavy atom. The lowest BCUT2D eigenvalue weighted by molar-refractivity contribution is 0.0244. The largest absolute Gasteiger partial charge is 0.386 e. The predicted molar refractivity (Wildman–Crippen MR) is 65.0 cm³/mol. The highest BCUT2D eigenvalue weighted by Gasteiger charge is 2.42. The molecule has 0 radical (unpaired) electrons. The van der Waals surface area contributed by atoms with Crippen LogP contribution >= 0.6 is 11.3 Å². The Morgan fingerprint density at radius 2 is 2.50 bits per heavy atom. The van der Waals surface area contributed by atoms with E-state index in [1.165, 1.54) is 17.8 Å². The Kier molecular flexibility index (Phi) is 3.32. The van der Waals surface area contributed by atoms with E-state index in [0.717, 1.165) is 24.1 Å². The molecule has 1 aromatic rings. The average molecular weight is 235 g/mol. The maximum absolute atomic E-state index is 10.4. The first-order valence-corrected chi connectivity index (χ1v) is 6.68. The molecular weight excluding hydrogens is 218 g/mol. The molecule has 2 nitrogen and oxygen atoms in total. The van der Waals surface area contributed by atoms with Gasteiger partial charge in [-0.25, -0.2) is 0 Å². The fourth-order valence-electron chi connectivity index (χ4n) is 2.72. The van der Waals surface area contributed by atoms with Crippen molar-refractivity contribution in [2.45, 2.75) is 38.7 Å². The molecule has 1 aromatic heterocycles. The van der Waals surface area contributed by atoms with Gasteiger partial charge in [-0.15, -0.1) is 11.3 Å². The standard InChI is InChI=1S/C13H17NOS/c1-10-4-2-6-13(8-10,9-14)12(15)11-5-3-7-16-11/h3,5,7,10,12,15H,2,4,6,8H2,1H3. The van der Waals surface area contributed by atoms with Crippen molar-refractivity contribution in [3.8, 4) is 6.07 Å². The van der Waals surface area contributed by atoms with Crippen LogP contribution in [0.15, 0.2) is 17.5 Å². The summed E-state index contributed by atoms with van der Waals surface area (Å²) in [6, 6.07) is 6.25. The lowest BCUT2D eigenvalue weighted by Gasteiger charge is -2.37. The molecule has 3 heteroatoms. The van der Waals surface area contributed by atoms with Crippen LogP contribution in [0.5, 0.6) is 0 Å². The highest BCUT2D eigenvalue weighted by molar-refractivity contribution is 7.10. The molecule has 3 atom stereocenters. The Labute approximate surface area is 101 Å². The molecule has 2 rings (SSSR count). The smallest absolute Gasteiger partial charge is 0.107 e. The topological polar surface area (TPSA) is 44.0 Å². The van der Waals surface area contributed by atoms with E-state index in [-0.39, 0.29) is 0 Å². The van der Waals surface area contributed by atoms with E-state index in [2.05, 4.69) is 13.0 Å². The van der Waals surface area contributed by atoms with Crippen molar-refractivity contribution in [1.29, 1.82) is 5.26 Å². The van der Waals surface area contributed by atoms with Crippen molar-refractivity contribution in [2.24, 2.45) is 11.3 Å². The van der Waals surface area contributed by atoms with Crippen LogP contribution in [0.3, 0.4) is 0 Å². The summed E-state index contributed by atoms with van der Waals surface area (Å²) in [5.41, 5.74) is -0.553. The van der Waals surface area contributed by atoms with Crippen LogP contribution in [0.25, 0.3) is 0 Å². The summed E-state index contributed by atoms with van der Waals surface area (Å²) >= 11 is 1.54. The first-order chi connectivity index (χ1) is 7.68. The van der Waals surface area contributed by atoms with Crippen LogP contribution in [-0.4, -0.2) is 5.11 Å². The summed E-state index contributed by atoms with van der Waals surface area (Å²) in [7, 11) is 0. The molecule has 86 valence electrons. The summed E-state index contributed by atoms with van der Waals surface area (Å²) in [5, 5.41) is 21.8. The van der Waals surface area contributed by atoms with Crippen LogP contribution in [0.4, 0.5) is 0 Å². The van der Waals surface area contributed by atoms with E-state index >= 15 is 0 Å². The zero-order valence-corrected chi connectivity index (χ0v) is 10.3. The van der Waals surface area contributed by atoms with Crippen LogP contribution in [0.1, 0.15) is 43.6 Å². The van der Waals surface area contributed by atoms with Gasteiger partial charge in [0.1, 0.15) is 6.10 Å². The number of hydrogen-bond acceptors (Lipinski definition) is 3. The number of aliphatic hydroxyl groups excluding tert-OH is 1. The molecular formula is C13H17NOS. The van der Waals surface area contributed by atoms with Crippen LogP contribution in [0.2, 0.25) is 0 Å². The number of aliphatic hydroxyl groups is 1. The van der Waals surface area contributed by atoms with E-state index in [9.17, 15) is 10.4 Å². The second kappa shape index (κ2) is 4.57. The highest BCUT2D eigenvalue weighted by Crippen LogP contribution is 2.48. The number of thiophene rings is 1. The van der Waals surface area contributed by atoms with Crippen LogP contribution < -0.4 is 0 Å². The van der Waals surface area contributed by atoms with E-state index in [1.54, 1.807) is 0 Å². The zero-order valence-electron chi connectivity index (χ0n) is 9.52. The molecule has 0 amide bonds. The maximum Gasteiger partial charge on any atom is 0.107 e. The van der Waals surface area contributed by atoms with Crippen molar-refractivity contribution in [1.82, 2.24) is 0 Å². The third-order valence-corrected chi connectivity index (χ3v) is 4.52. The third kappa shape index (κ3) is 2.00. The van der Waals surface area contributed by atoms with Crippen molar-refractivity contribution < 1.29 is 5.11 Å². The monoisotopic (exact) mass is 235 g/mol. The summed E-state index contributed by atoms with van der Waals surface area (Å²) in [6.45, 7) is 2.17. The molecule has 0 saturated heterocycles. The zero-order chi connectivity index (χ0) is 11.6. The molecule has 1 aliphatic rings. The molecule has 16 heavy (non-hydrogen) atoms. The molecule has 0 aliphatic heterocycles. The van der Waals surface area contributed by atoms with Crippen molar-refractivity contribution >= 4 is 11.3 Å². The van der Waals surface area contributed by atoms with E-state index in [4.69, 9.17) is 0 Å². The average Bonchev–Trinajstić information content (AvgIpc) is 2.81. The Hall–Kier alpha value is -0.850. The van der Waals surface area contributed by atoms with Gasteiger partial charge in [-0.2, -0.15) is 5.26 Å². The predicted octanol–water partition coefficient (Wildman–Crippen LogP) is 3.50. The van der Waals surface area contributed by atoms with Crippen LogP contribution in [-0.2, 0) is 0 Å². The van der Waals surface area contributed by atoms with Gasteiger partial charge < -0.3 is 5.11 Å². The van der Waals surface area contributed by atoms with Gasteiger partial charge in [0, 0.05) is 4.88 Å². The molecule has 1 aliphatic carbocycles. The van der Waals surface area contributed by atoms with Gasteiger partial charge in [-0.05, 0) is 30.2 Å². The molecule has 0 spiro atoms. The van der Waals surface area contributed by atoms with Crippen LogP contribution in [0, 0.1) is 22.7 Å². The molecule has 3 unspecified atom stereocenters. The van der Waals surface area contributed by atoms with Gasteiger partial charge in [0.2, 0.25) is 0 Å². The van der Waals surface area contributed by atoms with Gasteiger partial charge in [0.05, 0.1) is 11.5 Å². The minimum absolute atomic E-state index is 0.544. The lowest BCUT2D eigenvalue weighted by Crippen LogP contribution is -2.32. The lowest BCUT2D eigenvalue weighted by atomic mass is 9.67. The van der Waals surface area contributed by atoms with Crippen molar-refractivity contribution in [2.75, 3.05) is 0 Å². The SMILES string of the molecule is CC1CCCC(C#N)(C(O)c2cccs2)C1. The van der Waals surface area contributed by atoms with Crippen molar-refractivity contribution in [3.63, 3.8) is 0 Å². The molecule has 1 heterocycles. The molecule has 0 bridgehead atoms. The van der Waals surface area contributed by atoms with E-state index in [0.29, 0.717) is 5.92 Å². The fourth-order valence-corrected chi connectivity index (χ4v) is 3.55. The first-order valence-electron chi connectivity index (χ1n) is 5.81. The summed E-state index contributed by atoms with van der Waals surface area (Å²) in [4.78, 5) is 0.927. The molecule has 1 N–H and O–H groups in total. The van der Waals surface area contributed by atoms with Crippen molar-refractivity contribution in [3.05, 3.63) is 22.4 Å². The first kappa shape index (κ1) is 11.6. The third-order valence-electron chi connectivity index (χ3n) is 3.59. The Morgan fingerprint density at radius 3 is 3.06 bits per heavy atom. The van der Waals surface area contributed by atoms with E-state index < -0.39 is 11.5 Å². The van der Waals surface area contributed by atoms with E-state index in [1.807, 2.05) is 17.5 Å². The number of hydrogen-bond donors (Lipinski definition) is 1. The minimum atomic E-state index is -0.611. The fraction of sp³-hybridized carbons (Fsp3) is 0.615. The second-order valence-electron chi connectivity index (χ2n) is 4.89. The number of rotatable bonds is 2. The van der Waals surface area contributed by atoms with Gasteiger partial charge >= 0.3 is 0 Å². The maximum atomic E-state index is 10.4. The quantitative estimate of drug-likeness (QED) is 0.852. The Bertz CT molecular complexity index is 381. The normalized spacial score (nSPS) is 31.9. The Balaban J connectivity index is 2.24. The summed E-state index contributed by atoms with van der Waals surface area (Å²) < 4.78 is 0. The molecule has 0 aromatic carbocycles. The number of nitriles is 1. The highest BCUT2D eigenvalue weighted by atomic mass is 32.1. The molecule has 1 fully saturated rings. The summed E-state index contributed by atoms with van der Waals surface area (Å²) in [6.07, 6.45) is 3.27. The number of nitrogens with zero attached hydrogens (tertiary/aromatic N) is 1. The second-order valence-corrected chi connectivity index (χ2v) is 5.87. The van der Waals surface area contributed by atoms with Gasteiger partial charge in [-0.3, -0.25) is 0 Å².